The standard InChI is InChI=1S/C20H34N4O4.HI/c1-7-11-24(19(25)28-20(2,3)4)12-10-22-18(21)23-14-15-8-9-16(26-5)17(13-15)27-6;/h8-9,13H,7,10-12,14H2,1-6H3,(H3,21,22,23);1H. The van der Waals surface area contributed by atoms with Gasteiger partial charge in [-0.3, -0.25) is 0 Å². The third kappa shape index (κ3) is 10.4. The van der Waals surface area contributed by atoms with Gasteiger partial charge in [0.25, 0.3) is 0 Å². The van der Waals surface area contributed by atoms with Crippen LogP contribution in [0.1, 0.15) is 39.7 Å². The summed E-state index contributed by atoms with van der Waals surface area (Å²) < 4.78 is 15.9. The van der Waals surface area contributed by atoms with Crippen molar-refractivity contribution in [1.29, 1.82) is 0 Å². The molecule has 1 aromatic carbocycles. The fraction of sp³-hybridized carbons (Fsp3) is 0.600. The summed E-state index contributed by atoms with van der Waals surface area (Å²) in [6.45, 7) is 9.58. The average molecular weight is 522 g/mol. The summed E-state index contributed by atoms with van der Waals surface area (Å²) in [6.07, 6.45) is 0.527. The number of hydrogen-bond donors (Lipinski definition) is 2. The van der Waals surface area contributed by atoms with E-state index in [1.165, 1.54) is 0 Å². The lowest BCUT2D eigenvalue weighted by Gasteiger charge is -2.27. The number of nitrogens with one attached hydrogen (secondary N) is 1. The zero-order valence-corrected chi connectivity index (χ0v) is 20.6. The number of nitrogens with two attached hydrogens (primary N) is 1. The zero-order valence-electron chi connectivity index (χ0n) is 18.3. The molecule has 0 aliphatic carbocycles. The molecule has 1 amide bonds. The zero-order chi connectivity index (χ0) is 21.2. The molecule has 0 saturated heterocycles. The molecular formula is C20H35IN4O4. The van der Waals surface area contributed by atoms with Crippen molar-refractivity contribution in [2.75, 3.05) is 33.9 Å². The second-order valence-electron chi connectivity index (χ2n) is 7.28. The molecule has 0 saturated carbocycles. The van der Waals surface area contributed by atoms with Crippen LogP contribution in [0.4, 0.5) is 4.79 Å². The summed E-state index contributed by atoms with van der Waals surface area (Å²) in [5.74, 6) is 1.63. The largest absolute Gasteiger partial charge is 0.493 e. The van der Waals surface area contributed by atoms with Crippen molar-refractivity contribution in [3.05, 3.63) is 23.8 Å². The maximum atomic E-state index is 12.2. The predicted octanol–water partition coefficient (Wildman–Crippen LogP) is 3.37. The van der Waals surface area contributed by atoms with Crippen LogP contribution in [0.2, 0.25) is 0 Å². The first-order valence-corrected chi connectivity index (χ1v) is 9.42. The first-order chi connectivity index (χ1) is 13.2. The summed E-state index contributed by atoms with van der Waals surface area (Å²) in [5.41, 5.74) is 6.36. The van der Waals surface area contributed by atoms with Crippen LogP contribution in [0.5, 0.6) is 11.5 Å². The van der Waals surface area contributed by atoms with Crippen molar-refractivity contribution in [2.24, 2.45) is 10.7 Å². The second kappa shape index (κ2) is 13.3. The highest BCUT2D eigenvalue weighted by molar-refractivity contribution is 14.0. The lowest BCUT2D eigenvalue weighted by Crippen LogP contribution is -2.43. The SMILES string of the molecule is CCCN(CCNC(N)=NCc1ccc(OC)c(OC)c1)C(=O)OC(C)(C)C.I. The maximum Gasteiger partial charge on any atom is 0.410 e. The molecule has 0 unspecified atom stereocenters. The van der Waals surface area contributed by atoms with E-state index in [1.807, 2.05) is 45.9 Å². The van der Waals surface area contributed by atoms with Crippen LogP contribution in [-0.4, -0.2) is 56.4 Å². The Morgan fingerprint density at radius 2 is 1.83 bits per heavy atom. The molecule has 1 aromatic rings. The van der Waals surface area contributed by atoms with Gasteiger partial charge in [-0.2, -0.15) is 0 Å². The van der Waals surface area contributed by atoms with Crippen molar-refractivity contribution in [3.8, 4) is 11.5 Å². The van der Waals surface area contributed by atoms with Gasteiger partial charge in [-0.05, 0) is 44.9 Å². The van der Waals surface area contributed by atoms with Gasteiger partial charge in [0.15, 0.2) is 17.5 Å². The van der Waals surface area contributed by atoms with Crippen LogP contribution in [-0.2, 0) is 11.3 Å². The van der Waals surface area contributed by atoms with Gasteiger partial charge in [-0.1, -0.05) is 13.0 Å². The highest BCUT2D eigenvalue weighted by Crippen LogP contribution is 2.27. The monoisotopic (exact) mass is 522 g/mol. The number of carbonyl (C=O) groups is 1. The minimum atomic E-state index is -0.517. The molecular weight excluding hydrogens is 487 g/mol. The Labute approximate surface area is 191 Å². The number of nitrogens with zero attached hydrogens (tertiary/aromatic N) is 2. The third-order valence-electron chi connectivity index (χ3n) is 3.71. The number of aliphatic imine (C=N–C) groups is 1. The van der Waals surface area contributed by atoms with E-state index in [0.29, 0.717) is 43.6 Å². The van der Waals surface area contributed by atoms with Crippen LogP contribution in [0.3, 0.4) is 0 Å². The topological polar surface area (TPSA) is 98.4 Å². The number of rotatable bonds is 9. The Morgan fingerprint density at radius 1 is 1.17 bits per heavy atom. The molecule has 1 rings (SSSR count). The second-order valence-corrected chi connectivity index (χ2v) is 7.28. The van der Waals surface area contributed by atoms with Gasteiger partial charge < -0.3 is 30.2 Å². The van der Waals surface area contributed by atoms with E-state index in [1.54, 1.807) is 19.1 Å². The van der Waals surface area contributed by atoms with Crippen molar-refractivity contribution >= 4 is 36.0 Å². The fourth-order valence-corrected chi connectivity index (χ4v) is 2.42. The van der Waals surface area contributed by atoms with E-state index >= 15 is 0 Å². The van der Waals surface area contributed by atoms with E-state index in [2.05, 4.69) is 10.3 Å². The minimum absolute atomic E-state index is 0. The first-order valence-electron chi connectivity index (χ1n) is 9.42. The minimum Gasteiger partial charge on any atom is -0.493 e. The summed E-state index contributed by atoms with van der Waals surface area (Å²) in [4.78, 5) is 18.2. The van der Waals surface area contributed by atoms with E-state index in [0.717, 1.165) is 12.0 Å². The van der Waals surface area contributed by atoms with E-state index < -0.39 is 5.60 Å². The molecule has 0 aliphatic rings. The molecule has 0 spiro atoms. The van der Waals surface area contributed by atoms with Gasteiger partial charge in [0.05, 0.1) is 20.8 Å². The lowest BCUT2D eigenvalue weighted by molar-refractivity contribution is 0.0253. The molecule has 29 heavy (non-hydrogen) atoms. The van der Waals surface area contributed by atoms with E-state index in [9.17, 15) is 4.79 Å². The number of halogens is 1. The Bertz CT molecular complexity index is 662. The molecule has 0 atom stereocenters. The van der Waals surface area contributed by atoms with Crippen LogP contribution < -0.4 is 20.5 Å². The smallest absolute Gasteiger partial charge is 0.410 e. The molecule has 0 fully saturated rings. The van der Waals surface area contributed by atoms with Gasteiger partial charge in [0, 0.05) is 19.6 Å². The summed E-state index contributed by atoms with van der Waals surface area (Å²) in [5, 5.41) is 3.03. The van der Waals surface area contributed by atoms with Crippen molar-refractivity contribution in [1.82, 2.24) is 10.2 Å². The number of amides is 1. The van der Waals surface area contributed by atoms with Crippen molar-refractivity contribution in [2.45, 2.75) is 46.3 Å². The highest BCUT2D eigenvalue weighted by atomic mass is 127. The number of carbonyl (C=O) groups excluding carboxylic acids is 1. The molecule has 0 heterocycles. The molecule has 0 bridgehead atoms. The first kappa shape index (κ1) is 27.1. The molecule has 9 heteroatoms. The maximum absolute atomic E-state index is 12.2. The number of guanidine groups is 1. The molecule has 0 aliphatic heterocycles. The molecule has 3 N–H and O–H groups in total. The van der Waals surface area contributed by atoms with Gasteiger partial charge in [0.2, 0.25) is 0 Å². The van der Waals surface area contributed by atoms with Gasteiger partial charge in [0.1, 0.15) is 5.60 Å². The fourth-order valence-electron chi connectivity index (χ4n) is 2.42. The molecule has 0 radical (unpaired) electrons. The predicted molar refractivity (Wildman–Crippen MR) is 126 cm³/mol. The third-order valence-corrected chi connectivity index (χ3v) is 3.71. The number of methoxy groups -OCH3 is 2. The number of benzene rings is 1. The summed E-state index contributed by atoms with van der Waals surface area (Å²) >= 11 is 0. The number of ether oxygens (including phenoxy) is 3. The Balaban J connectivity index is 0.00000784. The normalized spacial score (nSPS) is 11.3. The molecule has 0 aromatic heterocycles. The van der Waals surface area contributed by atoms with E-state index in [-0.39, 0.29) is 30.1 Å². The van der Waals surface area contributed by atoms with Gasteiger partial charge in [-0.25, -0.2) is 9.79 Å². The molecule has 8 nitrogen and oxygen atoms in total. The van der Waals surface area contributed by atoms with Crippen LogP contribution in [0, 0.1) is 0 Å². The van der Waals surface area contributed by atoms with Gasteiger partial charge in [-0.15, -0.1) is 24.0 Å². The summed E-state index contributed by atoms with van der Waals surface area (Å²) in [7, 11) is 3.18. The van der Waals surface area contributed by atoms with Crippen LogP contribution >= 0.6 is 24.0 Å². The Hall–Kier alpha value is -1.91. The highest BCUT2D eigenvalue weighted by Gasteiger charge is 2.21. The quantitative estimate of drug-likeness (QED) is 0.293. The van der Waals surface area contributed by atoms with Crippen LogP contribution in [0.25, 0.3) is 0 Å². The Kier molecular flexibility index (Phi) is 12.5. The Morgan fingerprint density at radius 3 is 2.38 bits per heavy atom. The van der Waals surface area contributed by atoms with E-state index in [4.69, 9.17) is 19.9 Å². The molecule has 166 valence electrons. The van der Waals surface area contributed by atoms with Gasteiger partial charge >= 0.3 is 6.09 Å². The van der Waals surface area contributed by atoms with Crippen molar-refractivity contribution < 1.29 is 19.0 Å². The number of hydrogen-bond acceptors (Lipinski definition) is 5. The summed E-state index contributed by atoms with van der Waals surface area (Å²) in [6, 6.07) is 5.60. The lowest BCUT2D eigenvalue weighted by atomic mass is 10.2. The average Bonchev–Trinajstić information content (AvgIpc) is 2.63. The van der Waals surface area contributed by atoms with Crippen molar-refractivity contribution in [3.63, 3.8) is 0 Å². The van der Waals surface area contributed by atoms with Crippen LogP contribution in [0.15, 0.2) is 23.2 Å².